The first-order chi connectivity index (χ1) is 12.6. The van der Waals surface area contributed by atoms with Gasteiger partial charge in [0.05, 0.1) is 23.5 Å². The van der Waals surface area contributed by atoms with Gasteiger partial charge in [0.25, 0.3) is 0 Å². The van der Waals surface area contributed by atoms with E-state index in [9.17, 15) is 4.79 Å². The first-order valence-corrected chi connectivity index (χ1v) is 9.03. The summed E-state index contributed by atoms with van der Waals surface area (Å²) < 4.78 is 1.93. The molecule has 0 aliphatic carbocycles. The van der Waals surface area contributed by atoms with Crippen LogP contribution < -0.4 is 5.32 Å². The van der Waals surface area contributed by atoms with Crippen LogP contribution in [0.5, 0.6) is 0 Å². The summed E-state index contributed by atoms with van der Waals surface area (Å²) in [7, 11) is 0. The Labute approximate surface area is 156 Å². The summed E-state index contributed by atoms with van der Waals surface area (Å²) >= 11 is 1.38. The number of amides is 1. The van der Waals surface area contributed by atoms with Gasteiger partial charge in [-0.05, 0) is 31.5 Å². The molecular formula is C18H20N6OS. The van der Waals surface area contributed by atoms with Gasteiger partial charge in [0.1, 0.15) is 5.82 Å². The fraction of sp³-hybridized carbons (Fsp3) is 0.222. The molecule has 3 rings (SSSR count). The van der Waals surface area contributed by atoms with E-state index in [-0.39, 0.29) is 11.2 Å². The highest BCUT2D eigenvalue weighted by Crippen LogP contribution is 2.24. The summed E-state index contributed by atoms with van der Waals surface area (Å²) in [5.74, 6) is 0.712. The summed E-state index contributed by atoms with van der Waals surface area (Å²) in [6, 6.07) is 7.61. The van der Waals surface area contributed by atoms with Crippen LogP contribution in [-0.4, -0.2) is 35.9 Å². The number of thioether (sulfide) groups is 1. The second-order valence-corrected chi connectivity index (χ2v) is 7.03. The Morgan fingerprint density at radius 3 is 2.81 bits per heavy atom. The Bertz CT molecular complexity index is 885. The van der Waals surface area contributed by atoms with Crippen LogP contribution in [0.4, 0.5) is 5.69 Å². The number of aromatic nitrogens is 5. The number of imidazole rings is 1. The molecule has 26 heavy (non-hydrogen) atoms. The number of H-pyrrole nitrogens is 1. The van der Waals surface area contributed by atoms with Gasteiger partial charge < -0.3 is 14.9 Å². The Morgan fingerprint density at radius 2 is 2.15 bits per heavy atom. The van der Waals surface area contributed by atoms with Crippen LogP contribution in [0.25, 0.3) is 11.3 Å². The van der Waals surface area contributed by atoms with Gasteiger partial charge in [-0.3, -0.25) is 4.79 Å². The van der Waals surface area contributed by atoms with Gasteiger partial charge in [-0.1, -0.05) is 30.0 Å². The number of nitrogens with zero attached hydrogens (tertiary/aromatic N) is 4. The predicted octanol–water partition coefficient (Wildman–Crippen LogP) is 3.28. The molecule has 2 heterocycles. The minimum Gasteiger partial charge on any atom is -0.345 e. The number of carbonyl (C=O) groups excluding carboxylic acids is 1. The minimum absolute atomic E-state index is 0.0879. The largest absolute Gasteiger partial charge is 0.345 e. The average molecular weight is 368 g/mol. The maximum atomic E-state index is 12.5. The number of hydrogen-bond donors (Lipinski definition) is 2. The van der Waals surface area contributed by atoms with Crippen molar-refractivity contribution in [2.24, 2.45) is 0 Å². The number of nitrogens with one attached hydrogen (secondary N) is 2. The number of benzene rings is 1. The maximum Gasteiger partial charge on any atom is 0.237 e. The smallest absolute Gasteiger partial charge is 0.237 e. The van der Waals surface area contributed by atoms with Crippen molar-refractivity contribution in [2.45, 2.75) is 30.8 Å². The first kappa shape index (κ1) is 17.9. The monoisotopic (exact) mass is 368 g/mol. The molecule has 3 aromatic rings. The summed E-state index contributed by atoms with van der Waals surface area (Å²) in [5, 5.41) is 11.5. The molecule has 2 N–H and O–H groups in total. The Hall–Kier alpha value is -2.87. The molecule has 134 valence electrons. The second kappa shape index (κ2) is 8.01. The molecule has 0 radical (unpaired) electrons. The second-order valence-electron chi connectivity index (χ2n) is 5.72. The fourth-order valence-corrected chi connectivity index (χ4v) is 3.29. The van der Waals surface area contributed by atoms with Gasteiger partial charge in [-0.25, -0.2) is 4.98 Å². The van der Waals surface area contributed by atoms with Crippen LogP contribution >= 0.6 is 11.8 Å². The van der Waals surface area contributed by atoms with Gasteiger partial charge in [-0.15, -0.1) is 16.8 Å². The van der Waals surface area contributed by atoms with Crippen LogP contribution in [0.15, 0.2) is 54.6 Å². The minimum atomic E-state index is -0.311. The van der Waals surface area contributed by atoms with E-state index in [2.05, 4.69) is 32.1 Å². The number of rotatable bonds is 7. The van der Waals surface area contributed by atoms with Gasteiger partial charge in [0, 0.05) is 12.2 Å². The van der Waals surface area contributed by atoms with E-state index in [0.29, 0.717) is 11.7 Å². The zero-order chi connectivity index (χ0) is 18.5. The van der Waals surface area contributed by atoms with E-state index in [4.69, 9.17) is 0 Å². The number of allylic oxidation sites excluding steroid dienone is 1. The van der Waals surface area contributed by atoms with Crippen LogP contribution in [0, 0.1) is 6.92 Å². The maximum absolute atomic E-state index is 12.5. The summed E-state index contributed by atoms with van der Waals surface area (Å²) in [5.41, 5.74) is 2.69. The van der Waals surface area contributed by atoms with Crippen molar-refractivity contribution < 1.29 is 4.79 Å². The van der Waals surface area contributed by atoms with Crippen molar-refractivity contribution in [3.05, 3.63) is 55.3 Å². The molecule has 0 aliphatic rings. The van der Waals surface area contributed by atoms with Crippen molar-refractivity contribution in [3.8, 4) is 11.3 Å². The van der Waals surface area contributed by atoms with Crippen molar-refractivity contribution in [1.82, 2.24) is 24.7 Å². The molecule has 2 aromatic heterocycles. The molecule has 7 nitrogen and oxygen atoms in total. The molecule has 0 saturated heterocycles. The van der Waals surface area contributed by atoms with E-state index in [0.717, 1.165) is 22.8 Å². The van der Waals surface area contributed by atoms with Crippen LogP contribution in [-0.2, 0) is 11.3 Å². The molecular weight excluding hydrogens is 348 g/mol. The molecule has 0 unspecified atom stereocenters. The number of hydrogen-bond acceptors (Lipinski definition) is 5. The lowest BCUT2D eigenvalue weighted by Crippen LogP contribution is -2.23. The topological polar surface area (TPSA) is 88.5 Å². The summed E-state index contributed by atoms with van der Waals surface area (Å²) in [6.07, 6.45) is 5.18. The highest BCUT2D eigenvalue weighted by atomic mass is 32.2. The third-order valence-electron chi connectivity index (χ3n) is 3.83. The normalized spacial score (nSPS) is 11.9. The van der Waals surface area contributed by atoms with E-state index < -0.39 is 0 Å². The standard InChI is InChI=1S/C18H20N6OS/c1-4-9-24-13(3)22-23-18(24)26-12(2)17(25)21-15-7-5-14(6-8-15)16-10-19-11-20-16/h4-8,10-12H,1,9H2,2-3H3,(H,19,20)(H,21,25)/t12-/m1/s1. The molecule has 0 fully saturated rings. The molecule has 8 heteroatoms. The van der Waals surface area contributed by atoms with E-state index in [1.54, 1.807) is 18.6 Å². The van der Waals surface area contributed by atoms with Gasteiger partial charge in [0.2, 0.25) is 5.91 Å². The number of carbonyl (C=O) groups is 1. The highest BCUT2D eigenvalue weighted by Gasteiger charge is 2.19. The van der Waals surface area contributed by atoms with Gasteiger partial charge in [0.15, 0.2) is 5.16 Å². The molecule has 0 aliphatic heterocycles. The fourth-order valence-electron chi connectivity index (χ4n) is 2.39. The van der Waals surface area contributed by atoms with Gasteiger partial charge in [-0.2, -0.15) is 0 Å². The Morgan fingerprint density at radius 1 is 1.38 bits per heavy atom. The summed E-state index contributed by atoms with van der Waals surface area (Å²) in [6.45, 7) is 8.09. The van der Waals surface area contributed by atoms with Crippen molar-refractivity contribution >= 4 is 23.4 Å². The zero-order valence-electron chi connectivity index (χ0n) is 14.6. The molecule has 0 saturated carbocycles. The van der Waals surface area contributed by atoms with Crippen molar-refractivity contribution in [2.75, 3.05) is 5.32 Å². The van der Waals surface area contributed by atoms with E-state index in [1.165, 1.54) is 11.8 Å². The molecule has 1 aromatic carbocycles. The van der Waals surface area contributed by atoms with Gasteiger partial charge >= 0.3 is 0 Å². The van der Waals surface area contributed by atoms with Crippen LogP contribution in [0.1, 0.15) is 12.7 Å². The quantitative estimate of drug-likeness (QED) is 0.493. The number of aryl methyl sites for hydroxylation is 1. The Balaban J connectivity index is 1.63. The Kier molecular flexibility index (Phi) is 5.52. The highest BCUT2D eigenvalue weighted by molar-refractivity contribution is 8.00. The van der Waals surface area contributed by atoms with Crippen molar-refractivity contribution in [1.29, 1.82) is 0 Å². The molecule has 0 bridgehead atoms. The predicted molar refractivity (Wildman–Crippen MR) is 103 cm³/mol. The molecule has 1 amide bonds. The number of anilines is 1. The van der Waals surface area contributed by atoms with Crippen LogP contribution in [0.3, 0.4) is 0 Å². The van der Waals surface area contributed by atoms with Crippen molar-refractivity contribution in [3.63, 3.8) is 0 Å². The first-order valence-electron chi connectivity index (χ1n) is 8.15. The van der Waals surface area contributed by atoms with E-state index >= 15 is 0 Å². The molecule has 0 spiro atoms. The molecule has 1 atom stereocenters. The zero-order valence-corrected chi connectivity index (χ0v) is 15.5. The lowest BCUT2D eigenvalue weighted by atomic mass is 10.1. The lowest BCUT2D eigenvalue weighted by molar-refractivity contribution is -0.115. The van der Waals surface area contributed by atoms with Crippen LogP contribution in [0.2, 0.25) is 0 Å². The third-order valence-corrected chi connectivity index (χ3v) is 4.91. The SMILES string of the molecule is C=CCn1c(C)nnc1S[C@H](C)C(=O)Nc1ccc(-c2cnc[nH]2)cc1. The summed E-state index contributed by atoms with van der Waals surface area (Å²) in [4.78, 5) is 19.5. The van der Waals surface area contributed by atoms with E-state index in [1.807, 2.05) is 42.7 Å². The third kappa shape index (κ3) is 4.02. The number of aromatic amines is 1. The average Bonchev–Trinajstić information content (AvgIpc) is 3.28. The lowest BCUT2D eigenvalue weighted by Gasteiger charge is -2.12.